The molecule has 0 atom stereocenters. The van der Waals surface area contributed by atoms with Crippen molar-refractivity contribution >= 4 is 5.57 Å². The van der Waals surface area contributed by atoms with E-state index in [4.69, 9.17) is 0 Å². The van der Waals surface area contributed by atoms with E-state index < -0.39 is 0 Å². The van der Waals surface area contributed by atoms with Crippen LogP contribution < -0.4 is 0 Å². The number of benzene rings is 2. The lowest BCUT2D eigenvalue weighted by atomic mass is 9.90. The summed E-state index contributed by atoms with van der Waals surface area (Å²) in [6, 6.07) is 21.7. The van der Waals surface area contributed by atoms with Gasteiger partial charge in [0.15, 0.2) is 0 Å². The molecule has 0 radical (unpaired) electrons. The highest BCUT2D eigenvalue weighted by atomic mass is 15.1. The molecule has 1 fully saturated rings. The summed E-state index contributed by atoms with van der Waals surface area (Å²) in [7, 11) is 2.23. The van der Waals surface area contributed by atoms with Crippen molar-refractivity contribution in [3.05, 3.63) is 77.4 Å². The third kappa shape index (κ3) is 3.43. The van der Waals surface area contributed by atoms with E-state index in [0.29, 0.717) is 0 Å². The largest absolute Gasteiger partial charge is 0.306 e. The van der Waals surface area contributed by atoms with Gasteiger partial charge in [0.2, 0.25) is 0 Å². The Balaban J connectivity index is 2.08. The standard InChI is InChI=1S/C20H23N/c1-21-15-8-13-19(14-16-21)20(17-9-4-2-5-10-17)18-11-6-3-7-12-18/h2-7,9-12H,8,13-16H2,1H3. The zero-order valence-electron chi connectivity index (χ0n) is 12.8. The maximum Gasteiger partial charge on any atom is 0.00159 e. The van der Waals surface area contributed by atoms with Gasteiger partial charge < -0.3 is 4.90 Å². The summed E-state index contributed by atoms with van der Waals surface area (Å²) in [6.07, 6.45) is 3.65. The second-order valence-corrected chi connectivity index (χ2v) is 5.87. The van der Waals surface area contributed by atoms with Crippen molar-refractivity contribution in [3.8, 4) is 0 Å². The van der Waals surface area contributed by atoms with E-state index in [-0.39, 0.29) is 0 Å². The Morgan fingerprint density at radius 2 is 1.33 bits per heavy atom. The van der Waals surface area contributed by atoms with Crippen LogP contribution in [0.3, 0.4) is 0 Å². The average Bonchev–Trinajstić information content (AvgIpc) is 2.75. The van der Waals surface area contributed by atoms with Crippen LogP contribution in [0.4, 0.5) is 0 Å². The summed E-state index contributed by atoms with van der Waals surface area (Å²) in [5.41, 5.74) is 5.76. The molecule has 1 heterocycles. The quantitative estimate of drug-likeness (QED) is 0.775. The fourth-order valence-electron chi connectivity index (χ4n) is 3.16. The number of hydrogen-bond donors (Lipinski definition) is 0. The van der Waals surface area contributed by atoms with E-state index in [1.54, 1.807) is 5.57 Å². The minimum atomic E-state index is 1.17. The topological polar surface area (TPSA) is 3.24 Å². The van der Waals surface area contributed by atoms with Crippen molar-refractivity contribution in [1.82, 2.24) is 4.90 Å². The third-order valence-corrected chi connectivity index (χ3v) is 4.29. The molecule has 21 heavy (non-hydrogen) atoms. The summed E-state index contributed by atoms with van der Waals surface area (Å²) in [5, 5.41) is 0. The van der Waals surface area contributed by atoms with Crippen LogP contribution >= 0.6 is 0 Å². The molecule has 0 spiro atoms. The second-order valence-electron chi connectivity index (χ2n) is 5.87. The highest BCUT2D eigenvalue weighted by molar-refractivity contribution is 5.82. The van der Waals surface area contributed by atoms with Crippen LogP contribution in [0, 0.1) is 0 Å². The summed E-state index contributed by atoms with van der Waals surface area (Å²) < 4.78 is 0. The molecule has 108 valence electrons. The molecule has 0 unspecified atom stereocenters. The minimum Gasteiger partial charge on any atom is -0.306 e. The van der Waals surface area contributed by atoms with Gasteiger partial charge >= 0.3 is 0 Å². The van der Waals surface area contributed by atoms with Gasteiger partial charge in [-0.3, -0.25) is 0 Å². The molecular formula is C20H23N. The van der Waals surface area contributed by atoms with E-state index in [1.807, 2.05) is 0 Å². The predicted octanol–water partition coefficient (Wildman–Crippen LogP) is 4.60. The Bertz CT molecular complexity index is 557. The summed E-state index contributed by atoms with van der Waals surface area (Å²) in [4.78, 5) is 2.45. The van der Waals surface area contributed by atoms with E-state index in [9.17, 15) is 0 Å². The SMILES string of the molecule is CN1CCCC(=C(c2ccccc2)c2ccccc2)CC1. The molecule has 1 aliphatic rings. The zero-order chi connectivity index (χ0) is 14.5. The van der Waals surface area contributed by atoms with Crippen LogP contribution in [0.15, 0.2) is 66.2 Å². The molecular weight excluding hydrogens is 254 g/mol. The van der Waals surface area contributed by atoms with Crippen molar-refractivity contribution in [3.63, 3.8) is 0 Å². The molecule has 0 aliphatic carbocycles. The molecule has 0 bridgehead atoms. The van der Waals surface area contributed by atoms with Gasteiger partial charge in [-0.15, -0.1) is 0 Å². The van der Waals surface area contributed by atoms with Crippen LogP contribution in [-0.4, -0.2) is 25.0 Å². The van der Waals surface area contributed by atoms with Gasteiger partial charge in [0, 0.05) is 6.54 Å². The molecule has 2 aromatic rings. The van der Waals surface area contributed by atoms with Crippen LogP contribution in [0.2, 0.25) is 0 Å². The van der Waals surface area contributed by atoms with Crippen molar-refractivity contribution in [2.45, 2.75) is 19.3 Å². The molecule has 1 saturated heterocycles. The van der Waals surface area contributed by atoms with Crippen molar-refractivity contribution in [1.29, 1.82) is 0 Å². The first kappa shape index (κ1) is 14.1. The van der Waals surface area contributed by atoms with Gasteiger partial charge in [0.1, 0.15) is 0 Å². The maximum absolute atomic E-state index is 2.45. The fraction of sp³-hybridized carbons (Fsp3) is 0.300. The maximum atomic E-state index is 2.45. The smallest absolute Gasteiger partial charge is 0.00159 e. The van der Waals surface area contributed by atoms with Gasteiger partial charge in [-0.2, -0.15) is 0 Å². The summed E-state index contributed by atoms with van der Waals surface area (Å²) >= 11 is 0. The Morgan fingerprint density at radius 1 is 0.762 bits per heavy atom. The predicted molar refractivity (Wildman–Crippen MR) is 90.3 cm³/mol. The molecule has 3 rings (SSSR count). The molecule has 1 nitrogen and oxygen atoms in total. The first-order valence-electron chi connectivity index (χ1n) is 7.86. The highest BCUT2D eigenvalue weighted by Crippen LogP contribution is 2.31. The first-order valence-corrected chi connectivity index (χ1v) is 7.86. The molecule has 1 aliphatic heterocycles. The molecule has 0 saturated carbocycles. The average molecular weight is 277 g/mol. The van der Waals surface area contributed by atoms with Crippen molar-refractivity contribution in [2.75, 3.05) is 20.1 Å². The number of likely N-dealkylation sites (tertiary alicyclic amines) is 1. The van der Waals surface area contributed by atoms with E-state index in [1.165, 1.54) is 49.1 Å². The van der Waals surface area contributed by atoms with Gasteiger partial charge in [0.05, 0.1) is 0 Å². The number of nitrogens with zero attached hydrogens (tertiary/aromatic N) is 1. The van der Waals surface area contributed by atoms with Crippen LogP contribution in [-0.2, 0) is 0 Å². The Morgan fingerprint density at radius 3 is 1.90 bits per heavy atom. The van der Waals surface area contributed by atoms with Crippen LogP contribution in [0.1, 0.15) is 30.4 Å². The van der Waals surface area contributed by atoms with E-state index in [0.717, 1.165) is 0 Å². The lowest BCUT2D eigenvalue weighted by molar-refractivity contribution is 0.351. The van der Waals surface area contributed by atoms with Gasteiger partial charge in [0.25, 0.3) is 0 Å². The van der Waals surface area contributed by atoms with Gasteiger partial charge in [-0.25, -0.2) is 0 Å². The van der Waals surface area contributed by atoms with Gasteiger partial charge in [-0.1, -0.05) is 66.2 Å². The first-order chi connectivity index (χ1) is 10.3. The summed E-state index contributed by atoms with van der Waals surface area (Å²) in [6.45, 7) is 2.37. The normalized spacial score (nSPS) is 16.5. The summed E-state index contributed by atoms with van der Waals surface area (Å²) in [5.74, 6) is 0. The second kappa shape index (κ2) is 6.73. The van der Waals surface area contributed by atoms with Crippen molar-refractivity contribution < 1.29 is 0 Å². The number of rotatable bonds is 2. The Labute approximate surface area is 127 Å². The molecule has 2 aromatic carbocycles. The third-order valence-electron chi connectivity index (χ3n) is 4.29. The molecule has 0 amide bonds. The lowest BCUT2D eigenvalue weighted by Crippen LogP contribution is -2.18. The zero-order valence-corrected chi connectivity index (χ0v) is 12.8. The monoisotopic (exact) mass is 277 g/mol. The lowest BCUT2D eigenvalue weighted by Gasteiger charge is -2.16. The van der Waals surface area contributed by atoms with Crippen molar-refractivity contribution in [2.24, 2.45) is 0 Å². The Hall–Kier alpha value is -1.86. The minimum absolute atomic E-state index is 1.17. The molecule has 1 heteroatoms. The molecule has 0 aromatic heterocycles. The number of hydrogen-bond acceptors (Lipinski definition) is 1. The van der Waals surface area contributed by atoms with E-state index >= 15 is 0 Å². The Kier molecular flexibility index (Phi) is 4.52. The molecule has 0 N–H and O–H groups in total. The van der Waals surface area contributed by atoms with Gasteiger partial charge in [-0.05, 0) is 49.6 Å². The van der Waals surface area contributed by atoms with Crippen LogP contribution in [0.25, 0.3) is 5.57 Å². The fourth-order valence-corrected chi connectivity index (χ4v) is 3.16. The van der Waals surface area contributed by atoms with Crippen LogP contribution in [0.5, 0.6) is 0 Å². The highest BCUT2D eigenvalue weighted by Gasteiger charge is 2.15. The van der Waals surface area contributed by atoms with E-state index in [2.05, 4.69) is 72.6 Å².